The lowest BCUT2D eigenvalue weighted by molar-refractivity contribution is 0.669. The highest BCUT2D eigenvalue weighted by atomic mass is 32.1. The standard InChI is InChI=1S/C55H33N3OS/c1-3-12-34(13-4-1)39-17-9-18-40(32-39)54-56-53(57-55(58-54)41-29-30-45-48(33-41)59-47-22-10-20-42(50(45)47)35-14-5-2-6-15-35)38-26-24-37(25-27-38)43-21-11-23-49-51(43)46-31-28-36-16-7-8-19-44(36)52(46)60-49/h1-33H/i7D,8D,11D,16D,19D,21D,23D,28D,31D. The predicted molar refractivity (Wildman–Crippen MR) is 250 cm³/mol. The number of furan rings is 1. The summed E-state index contributed by atoms with van der Waals surface area (Å²) in [4.78, 5) is 15.2. The molecule has 5 heteroatoms. The maximum Gasteiger partial charge on any atom is 0.164 e. The molecule has 3 heterocycles. The van der Waals surface area contributed by atoms with Gasteiger partial charge in [0.25, 0.3) is 0 Å². The Labute approximate surface area is 362 Å². The Balaban J connectivity index is 1.03. The van der Waals surface area contributed by atoms with Gasteiger partial charge in [-0.05, 0) is 74.5 Å². The first-order chi connectivity index (χ1) is 33.5. The molecule has 0 aliphatic heterocycles. The summed E-state index contributed by atoms with van der Waals surface area (Å²) in [6.45, 7) is 0. The summed E-state index contributed by atoms with van der Waals surface area (Å²) in [5, 5.41) is 2.46. The molecule has 280 valence electrons. The third-order valence-electron chi connectivity index (χ3n) is 10.9. The van der Waals surface area contributed by atoms with Crippen molar-refractivity contribution in [3.8, 4) is 67.5 Å². The van der Waals surface area contributed by atoms with Crippen molar-refractivity contribution in [3.63, 3.8) is 0 Å². The molecule has 12 rings (SSSR count). The van der Waals surface area contributed by atoms with Crippen molar-refractivity contribution < 1.29 is 16.8 Å². The SMILES string of the molecule is [2H]c1c([2H])c(-c2ccc(-c3nc(-c4cccc(-c5ccccc5)c4)nc(-c4ccc5c(c4)oc4cccc(-c6ccccc6)c45)n3)cc2)c2c(sc3c4c([2H])c([2H])c([2H])c([2H])c4c([2H])c([2H])c32)c1[2H]. The average molecular weight is 793 g/mol. The minimum Gasteiger partial charge on any atom is -0.456 e. The zero-order chi connectivity index (χ0) is 47.4. The molecule has 0 unspecified atom stereocenters. The second-order valence-electron chi connectivity index (χ2n) is 14.4. The molecule has 0 aliphatic rings. The smallest absolute Gasteiger partial charge is 0.164 e. The predicted octanol–water partition coefficient (Wildman–Crippen LogP) is 15.3. The van der Waals surface area contributed by atoms with Crippen LogP contribution in [0.1, 0.15) is 12.3 Å². The normalized spacial score (nSPS) is 13.8. The van der Waals surface area contributed by atoms with E-state index in [-0.39, 0.29) is 62.7 Å². The fourth-order valence-corrected chi connectivity index (χ4v) is 9.15. The van der Waals surface area contributed by atoms with Crippen molar-refractivity contribution in [2.45, 2.75) is 0 Å². The number of aromatic nitrogens is 3. The van der Waals surface area contributed by atoms with Gasteiger partial charge in [0.1, 0.15) is 11.2 Å². The minimum absolute atomic E-state index is 0.0733. The van der Waals surface area contributed by atoms with Gasteiger partial charge in [0.05, 0.1) is 12.3 Å². The van der Waals surface area contributed by atoms with E-state index in [2.05, 4.69) is 18.2 Å². The fourth-order valence-electron chi connectivity index (χ4n) is 8.02. The Morgan fingerprint density at radius 1 is 0.400 bits per heavy atom. The number of benzene rings is 9. The van der Waals surface area contributed by atoms with Crippen LogP contribution in [0.25, 0.3) is 120 Å². The lowest BCUT2D eigenvalue weighted by atomic mass is 9.97. The quantitative estimate of drug-likeness (QED) is 0.168. The van der Waals surface area contributed by atoms with E-state index in [1.165, 1.54) is 0 Å². The Morgan fingerprint density at radius 3 is 1.87 bits per heavy atom. The van der Waals surface area contributed by atoms with Crippen LogP contribution in [0, 0.1) is 0 Å². The first kappa shape index (κ1) is 26.3. The van der Waals surface area contributed by atoms with Crippen molar-refractivity contribution in [1.29, 1.82) is 0 Å². The summed E-state index contributed by atoms with van der Waals surface area (Å²) in [6, 6.07) is 44.2. The summed E-state index contributed by atoms with van der Waals surface area (Å²) < 4.78 is 86.4. The van der Waals surface area contributed by atoms with Gasteiger partial charge in [-0.1, -0.05) is 170 Å². The van der Waals surface area contributed by atoms with Crippen LogP contribution in [-0.4, -0.2) is 15.0 Å². The van der Waals surface area contributed by atoms with Crippen LogP contribution in [0.3, 0.4) is 0 Å². The van der Waals surface area contributed by atoms with Gasteiger partial charge in [0, 0.05) is 47.6 Å². The van der Waals surface area contributed by atoms with E-state index in [9.17, 15) is 2.74 Å². The van der Waals surface area contributed by atoms with Gasteiger partial charge in [-0.2, -0.15) is 0 Å². The van der Waals surface area contributed by atoms with Crippen LogP contribution in [0.2, 0.25) is 0 Å². The zero-order valence-electron chi connectivity index (χ0n) is 40.5. The van der Waals surface area contributed by atoms with Crippen LogP contribution in [-0.2, 0) is 0 Å². The van der Waals surface area contributed by atoms with Crippen LogP contribution in [0.15, 0.2) is 204 Å². The number of rotatable bonds is 6. The van der Waals surface area contributed by atoms with Crippen molar-refractivity contribution in [2.24, 2.45) is 0 Å². The summed E-state index contributed by atoms with van der Waals surface area (Å²) in [6.07, 6.45) is 0. The van der Waals surface area contributed by atoms with E-state index in [4.69, 9.17) is 29.0 Å². The first-order valence-electron chi connectivity index (χ1n) is 23.9. The Hall–Kier alpha value is -7.73. The summed E-state index contributed by atoms with van der Waals surface area (Å²) in [5.41, 5.74) is 8.50. The highest BCUT2D eigenvalue weighted by Crippen LogP contribution is 2.43. The number of hydrogen-bond donors (Lipinski definition) is 0. The highest BCUT2D eigenvalue weighted by Gasteiger charge is 2.18. The molecule has 0 radical (unpaired) electrons. The molecule has 60 heavy (non-hydrogen) atoms. The number of thiophene rings is 1. The molecule has 12 aromatic rings. The van der Waals surface area contributed by atoms with Gasteiger partial charge in [0.2, 0.25) is 0 Å². The fraction of sp³-hybridized carbons (Fsp3) is 0. The van der Waals surface area contributed by atoms with E-state index in [1.807, 2.05) is 115 Å². The molecular formula is C55H33N3OS. The molecule has 0 atom stereocenters. The van der Waals surface area contributed by atoms with Crippen LogP contribution in [0.5, 0.6) is 0 Å². The largest absolute Gasteiger partial charge is 0.456 e. The van der Waals surface area contributed by atoms with E-state index < -0.39 is 18.1 Å². The molecule has 0 spiro atoms. The molecular weight excluding hydrogens is 751 g/mol. The van der Waals surface area contributed by atoms with Crippen LogP contribution >= 0.6 is 11.3 Å². The topological polar surface area (TPSA) is 51.8 Å². The van der Waals surface area contributed by atoms with Gasteiger partial charge in [-0.3, -0.25) is 0 Å². The first-order valence-corrected chi connectivity index (χ1v) is 20.2. The molecule has 0 saturated carbocycles. The van der Waals surface area contributed by atoms with Gasteiger partial charge in [0.15, 0.2) is 17.5 Å². The van der Waals surface area contributed by atoms with Crippen molar-refractivity contribution in [1.82, 2.24) is 15.0 Å². The minimum atomic E-state index is -0.507. The van der Waals surface area contributed by atoms with Gasteiger partial charge in [-0.15, -0.1) is 11.3 Å². The van der Waals surface area contributed by atoms with Crippen LogP contribution in [0.4, 0.5) is 0 Å². The van der Waals surface area contributed by atoms with Crippen LogP contribution < -0.4 is 0 Å². The molecule has 0 amide bonds. The Bertz CT molecular complexity index is 4120. The maximum atomic E-state index is 9.21. The second-order valence-corrected chi connectivity index (χ2v) is 15.5. The molecule has 0 fully saturated rings. The maximum absolute atomic E-state index is 9.21. The molecule has 9 aromatic carbocycles. The third-order valence-corrected chi connectivity index (χ3v) is 12.0. The van der Waals surface area contributed by atoms with Crippen molar-refractivity contribution in [2.75, 3.05) is 0 Å². The lowest BCUT2D eigenvalue weighted by Crippen LogP contribution is -2.00. The lowest BCUT2D eigenvalue weighted by Gasteiger charge is -2.11. The molecule has 0 bridgehead atoms. The molecule has 4 nitrogen and oxygen atoms in total. The molecule has 0 aliphatic carbocycles. The second kappa shape index (κ2) is 14.0. The van der Waals surface area contributed by atoms with E-state index in [1.54, 1.807) is 12.1 Å². The average Bonchev–Trinajstić information content (AvgIpc) is 3.97. The summed E-state index contributed by atoms with van der Waals surface area (Å²) in [5.74, 6) is 1.23. The number of nitrogens with zero attached hydrogens (tertiary/aromatic N) is 3. The Kier molecular flexibility index (Phi) is 6.13. The Morgan fingerprint density at radius 2 is 1.05 bits per heavy atom. The summed E-state index contributed by atoms with van der Waals surface area (Å²) >= 11 is 1.03. The molecule has 0 N–H and O–H groups in total. The highest BCUT2D eigenvalue weighted by molar-refractivity contribution is 7.26. The number of hydrogen-bond acceptors (Lipinski definition) is 5. The number of fused-ring (bicyclic) bond motifs is 8. The van der Waals surface area contributed by atoms with E-state index >= 15 is 0 Å². The van der Waals surface area contributed by atoms with Crippen molar-refractivity contribution >= 4 is 64.2 Å². The van der Waals surface area contributed by atoms with E-state index in [0.717, 1.165) is 55.5 Å². The molecule has 0 saturated heterocycles. The van der Waals surface area contributed by atoms with Crippen molar-refractivity contribution in [3.05, 3.63) is 200 Å². The van der Waals surface area contributed by atoms with E-state index in [0.29, 0.717) is 49.8 Å². The summed E-state index contributed by atoms with van der Waals surface area (Å²) in [7, 11) is 0. The van der Waals surface area contributed by atoms with Gasteiger partial charge < -0.3 is 4.42 Å². The molecule has 3 aromatic heterocycles. The van der Waals surface area contributed by atoms with Gasteiger partial charge in [-0.25, -0.2) is 15.0 Å². The third kappa shape index (κ3) is 5.78. The zero-order valence-corrected chi connectivity index (χ0v) is 32.3. The van der Waals surface area contributed by atoms with Gasteiger partial charge >= 0.3 is 0 Å². The monoisotopic (exact) mass is 792 g/mol.